The number of nitrogens with one attached hydrogen (secondary N) is 1. The van der Waals surface area contributed by atoms with Crippen molar-refractivity contribution in [1.82, 2.24) is 10.2 Å². The first-order valence-electron chi connectivity index (χ1n) is 8.45. The first kappa shape index (κ1) is 17.6. The van der Waals surface area contributed by atoms with Crippen LogP contribution in [-0.4, -0.2) is 52.7 Å². The van der Waals surface area contributed by atoms with Crippen LogP contribution >= 0.6 is 0 Å². The summed E-state index contributed by atoms with van der Waals surface area (Å²) >= 11 is 0. The van der Waals surface area contributed by atoms with E-state index in [4.69, 9.17) is 4.74 Å². The van der Waals surface area contributed by atoms with Crippen molar-refractivity contribution in [3.63, 3.8) is 0 Å². The quantitative estimate of drug-likeness (QED) is 0.804. The molecule has 1 aliphatic carbocycles. The lowest BCUT2D eigenvalue weighted by atomic mass is 9.79. The number of aliphatic carboxylic acids is 1. The molecule has 1 aliphatic heterocycles. The van der Waals surface area contributed by atoms with Crippen LogP contribution in [0.1, 0.15) is 58.3 Å². The van der Waals surface area contributed by atoms with Gasteiger partial charge in [-0.2, -0.15) is 0 Å². The molecule has 1 saturated heterocycles. The molecule has 2 rings (SSSR count). The van der Waals surface area contributed by atoms with E-state index >= 15 is 0 Å². The lowest BCUT2D eigenvalue weighted by Crippen LogP contribution is -2.54. The minimum atomic E-state index is -0.952. The van der Waals surface area contributed by atoms with E-state index in [1.54, 1.807) is 6.92 Å². The lowest BCUT2D eigenvalue weighted by molar-refractivity contribution is -0.149. The number of amides is 2. The Labute approximate surface area is 136 Å². The zero-order chi connectivity index (χ0) is 16.9. The highest BCUT2D eigenvalue weighted by Gasteiger charge is 2.41. The number of hydrogen-bond acceptors (Lipinski definition) is 4. The summed E-state index contributed by atoms with van der Waals surface area (Å²) in [5.74, 6) is -1.14. The van der Waals surface area contributed by atoms with Gasteiger partial charge in [-0.15, -0.1) is 0 Å². The highest BCUT2D eigenvalue weighted by molar-refractivity contribution is 5.85. The highest BCUT2D eigenvalue weighted by atomic mass is 16.5. The standard InChI is InChI=1S/C16H26N2O5/c1-2-23-15(22)17-16(8-4-3-5-9-16)11-13(19)18-10-6-7-12(18)14(20)21/h12H,2-11H2,1H3,(H,17,22)(H,20,21)/t12-/m0/s1. The molecule has 1 saturated carbocycles. The van der Waals surface area contributed by atoms with Crippen molar-refractivity contribution >= 4 is 18.0 Å². The summed E-state index contributed by atoms with van der Waals surface area (Å²) < 4.78 is 4.97. The van der Waals surface area contributed by atoms with Gasteiger partial charge >= 0.3 is 12.1 Å². The topological polar surface area (TPSA) is 95.9 Å². The minimum Gasteiger partial charge on any atom is -0.480 e. The number of ether oxygens (including phenoxy) is 1. The third-order valence-electron chi connectivity index (χ3n) is 4.80. The smallest absolute Gasteiger partial charge is 0.407 e. The zero-order valence-corrected chi connectivity index (χ0v) is 13.7. The Bertz CT molecular complexity index is 459. The van der Waals surface area contributed by atoms with Crippen LogP contribution in [0.2, 0.25) is 0 Å². The van der Waals surface area contributed by atoms with E-state index in [1.807, 2.05) is 0 Å². The molecule has 130 valence electrons. The lowest BCUT2D eigenvalue weighted by Gasteiger charge is -2.38. The predicted molar refractivity (Wildman–Crippen MR) is 83.0 cm³/mol. The molecule has 0 aromatic carbocycles. The molecule has 2 fully saturated rings. The van der Waals surface area contributed by atoms with E-state index in [0.29, 0.717) is 19.4 Å². The summed E-state index contributed by atoms with van der Waals surface area (Å²) in [6.45, 7) is 2.49. The predicted octanol–water partition coefficient (Wildman–Crippen LogP) is 1.90. The van der Waals surface area contributed by atoms with Gasteiger partial charge in [0.15, 0.2) is 0 Å². The van der Waals surface area contributed by atoms with Crippen molar-refractivity contribution in [1.29, 1.82) is 0 Å². The molecule has 2 amide bonds. The van der Waals surface area contributed by atoms with E-state index in [-0.39, 0.29) is 18.9 Å². The first-order chi connectivity index (χ1) is 11.0. The van der Waals surface area contributed by atoms with Gasteiger partial charge in [0.25, 0.3) is 0 Å². The van der Waals surface area contributed by atoms with Gasteiger partial charge in [-0.1, -0.05) is 19.3 Å². The maximum Gasteiger partial charge on any atom is 0.407 e. The Balaban J connectivity index is 2.06. The van der Waals surface area contributed by atoms with E-state index < -0.39 is 23.6 Å². The Hall–Kier alpha value is -1.79. The molecule has 0 aromatic rings. The van der Waals surface area contributed by atoms with Crippen LogP contribution in [0.25, 0.3) is 0 Å². The number of likely N-dealkylation sites (tertiary alicyclic amines) is 1. The molecule has 7 heteroatoms. The van der Waals surface area contributed by atoms with Gasteiger partial charge in [0, 0.05) is 6.54 Å². The van der Waals surface area contributed by atoms with Crippen molar-refractivity contribution in [2.24, 2.45) is 0 Å². The number of carbonyl (C=O) groups is 3. The van der Waals surface area contributed by atoms with Crippen LogP contribution in [0.15, 0.2) is 0 Å². The highest BCUT2D eigenvalue weighted by Crippen LogP contribution is 2.33. The maximum atomic E-state index is 12.6. The van der Waals surface area contributed by atoms with Gasteiger partial charge in [-0.05, 0) is 32.6 Å². The number of carboxylic acid groups (broad SMARTS) is 1. The average molecular weight is 326 g/mol. The fourth-order valence-electron chi connectivity index (χ4n) is 3.67. The van der Waals surface area contributed by atoms with E-state index in [9.17, 15) is 19.5 Å². The second-order valence-electron chi connectivity index (χ2n) is 6.45. The van der Waals surface area contributed by atoms with Gasteiger partial charge in [0.2, 0.25) is 5.91 Å². The molecule has 1 atom stereocenters. The molecule has 7 nitrogen and oxygen atoms in total. The van der Waals surface area contributed by atoms with Crippen molar-refractivity contribution in [2.45, 2.75) is 69.9 Å². The monoisotopic (exact) mass is 326 g/mol. The summed E-state index contributed by atoms with van der Waals surface area (Å²) in [6.07, 6.45) is 5.28. The van der Waals surface area contributed by atoms with E-state index in [1.165, 1.54) is 4.90 Å². The average Bonchev–Trinajstić information content (AvgIpc) is 2.97. The van der Waals surface area contributed by atoms with E-state index in [0.717, 1.165) is 32.1 Å². The molecule has 2 N–H and O–H groups in total. The molecule has 0 unspecified atom stereocenters. The number of nitrogens with zero attached hydrogens (tertiary/aromatic N) is 1. The van der Waals surface area contributed by atoms with Crippen molar-refractivity contribution in [3.8, 4) is 0 Å². The van der Waals surface area contributed by atoms with Crippen LogP contribution in [0.5, 0.6) is 0 Å². The largest absolute Gasteiger partial charge is 0.480 e. The van der Waals surface area contributed by atoms with Crippen LogP contribution in [0.4, 0.5) is 4.79 Å². The summed E-state index contributed by atoms with van der Waals surface area (Å²) in [7, 11) is 0. The fraction of sp³-hybridized carbons (Fsp3) is 0.812. The van der Waals surface area contributed by atoms with Gasteiger partial charge in [-0.3, -0.25) is 4.79 Å². The molecule has 0 aromatic heterocycles. The van der Waals surface area contributed by atoms with Gasteiger partial charge in [0.1, 0.15) is 6.04 Å². The summed E-state index contributed by atoms with van der Waals surface area (Å²) in [4.78, 5) is 37.2. The SMILES string of the molecule is CCOC(=O)NC1(CC(=O)N2CCC[C@H]2C(=O)O)CCCCC1. The van der Waals surface area contributed by atoms with Gasteiger partial charge in [0.05, 0.1) is 18.6 Å². The van der Waals surface area contributed by atoms with Gasteiger partial charge in [-0.25, -0.2) is 9.59 Å². The van der Waals surface area contributed by atoms with E-state index in [2.05, 4.69) is 5.32 Å². The molecular formula is C16H26N2O5. The number of carboxylic acids is 1. The summed E-state index contributed by atoms with van der Waals surface area (Å²) in [6, 6.07) is -0.731. The maximum absolute atomic E-state index is 12.6. The van der Waals surface area contributed by atoms with Crippen molar-refractivity contribution < 1.29 is 24.2 Å². The number of rotatable bonds is 5. The Morgan fingerprint density at radius 3 is 2.52 bits per heavy atom. The molecule has 0 spiro atoms. The minimum absolute atomic E-state index is 0.148. The third-order valence-corrected chi connectivity index (χ3v) is 4.80. The Morgan fingerprint density at radius 2 is 1.91 bits per heavy atom. The second kappa shape index (κ2) is 7.66. The van der Waals surface area contributed by atoms with Crippen molar-refractivity contribution in [2.75, 3.05) is 13.2 Å². The zero-order valence-electron chi connectivity index (χ0n) is 13.7. The number of hydrogen-bond donors (Lipinski definition) is 2. The normalized spacial score (nSPS) is 23.3. The summed E-state index contributed by atoms with van der Waals surface area (Å²) in [5, 5.41) is 12.1. The molecule has 0 bridgehead atoms. The van der Waals surface area contributed by atoms with Gasteiger partial charge < -0.3 is 20.1 Å². The van der Waals surface area contributed by atoms with Crippen LogP contribution in [0.3, 0.4) is 0 Å². The second-order valence-corrected chi connectivity index (χ2v) is 6.45. The summed E-state index contributed by atoms with van der Waals surface area (Å²) in [5.41, 5.74) is -0.604. The first-order valence-corrected chi connectivity index (χ1v) is 8.45. The fourth-order valence-corrected chi connectivity index (χ4v) is 3.67. The molecule has 1 heterocycles. The van der Waals surface area contributed by atoms with Crippen LogP contribution in [-0.2, 0) is 14.3 Å². The number of alkyl carbamates (subject to hydrolysis) is 1. The Morgan fingerprint density at radius 1 is 1.22 bits per heavy atom. The number of carbonyl (C=O) groups excluding carboxylic acids is 2. The molecule has 0 radical (unpaired) electrons. The van der Waals surface area contributed by atoms with Crippen molar-refractivity contribution in [3.05, 3.63) is 0 Å². The third kappa shape index (κ3) is 4.36. The molecule has 23 heavy (non-hydrogen) atoms. The van der Waals surface area contributed by atoms with Crippen LogP contribution in [0, 0.1) is 0 Å². The molecular weight excluding hydrogens is 300 g/mol. The molecule has 2 aliphatic rings. The Kier molecular flexibility index (Phi) is 5.85. The van der Waals surface area contributed by atoms with Crippen LogP contribution < -0.4 is 5.32 Å².